The number of nitro benzene ring substituents is 1. The van der Waals surface area contributed by atoms with Crippen LogP contribution in [0.2, 0.25) is 0 Å². The smallest absolute Gasteiger partial charge is 0.270 e. The number of ether oxygens (including phenoxy) is 2. The number of carbonyl (C=O) groups excluding carboxylic acids is 2. The third kappa shape index (κ3) is 5.69. The van der Waals surface area contributed by atoms with E-state index in [4.69, 9.17) is 9.47 Å². The van der Waals surface area contributed by atoms with Gasteiger partial charge in [0.1, 0.15) is 6.04 Å². The number of amides is 2. The average molecular weight is 415 g/mol. The summed E-state index contributed by atoms with van der Waals surface area (Å²) in [6, 6.07) is 10.1. The molecule has 2 rings (SSSR count). The number of hydrogen-bond acceptors (Lipinski definition) is 6. The highest BCUT2D eigenvalue weighted by atomic mass is 16.6. The van der Waals surface area contributed by atoms with Gasteiger partial charge in [0.15, 0.2) is 11.5 Å². The Bertz CT molecular complexity index is 931. The monoisotopic (exact) mass is 415 g/mol. The first kappa shape index (κ1) is 22.7. The van der Waals surface area contributed by atoms with Gasteiger partial charge in [0, 0.05) is 31.3 Å². The fourth-order valence-electron chi connectivity index (χ4n) is 2.88. The van der Waals surface area contributed by atoms with Crippen molar-refractivity contribution in [3.63, 3.8) is 0 Å². The summed E-state index contributed by atoms with van der Waals surface area (Å²) in [7, 11) is 4.77. The fourth-order valence-corrected chi connectivity index (χ4v) is 2.88. The Labute approximate surface area is 174 Å². The second kappa shape index (κ2) is 10.2. The van der Waals surface area contributed by atoms with Gasteiger partial charge in [0.2, 0.25) is 5.91 Å². The number of hydrogen-bond donors (Lipinski definition) is 1. The van der Waals surface area contributed by atoms with E-state index in [9.17, 15) is 19.7 Å². The highest BCUT2D eigenvalue weighted by Gasteiger charge is 2.21. The first-order valence-electron chi connectivity index (χ1n) is 9.28. The molecule has 0 saturated carbocycles. The van der Waals surface area contributed by atoms with Gasteiger partial charge in [-0.15, -0.1) is 0 Å². The molecular formula is C21H25N3O6. The van der Waals surface area contributed by atoms with Gasteiger partial charge in [-0.3, -0.25) is 19.7 Å². The second-order valence-electron chi connectivity index (χ2n) is 6.70. The summed E-state index contributed by atoms with van der Waals surface area (Å²) >= 11 is 0. The Hall–Kier alpha value is -3.62. The Morgan fingerprint density at radius 3 is 2.47 bits per heavy atom. The second-order valence-corrected chi connectivity index (χ2v) is 6.70. The van der Waals surface area contributed by atoms with Crippen LogP contribution in [0.25, 0.3) is 0 Å². The summed E-state index contributed by atoms with van der Waals surface area (Å²) < 4.78 is 10.5. The van der Waals surface area contributed by atoms with Gasteiger partial charge < -0.3 is 19.7 Å². The Kier molecular flexibility index (Phi) is 7.74. The molecule has 160 valence electrons. The summed E-state index contributed by atoms with van der Waals surface area (Å²) in [5.41, 5.74) is 0.908. The van der Waals surface area contributed by atoms with Crippen molar-refractivity contribution in [3.05, 3.63) is 63.7 Å². The van der Waals surface area contributed by atoms with E-state index in [1.165, 1.54) is 29.2 Å². The first-order valence-corrected chi connectivity index (χ1v) is 9.28. The van der Waals surface area contributed by atoms with Crippen LogP contribution in [0.4, 0.5) is 5.69 Å². The van der Waals surface area contributed by atoms with Crippen LogP contribution in [0.3, 0.4) is 0 Å². The number of nitrogens with one attached hydrogen (secondary N) is 1. The van der Waals surface area contributed by atoms with Crippen LogP contribution in [-0.2, 0) is 11.2 Å². The number of likely N-dealkylation sites (N-methyl/N-ethyl adjacent to an activating group) is 1. The van der Waals surface area contributed by atoms with Gasteiger partial charge in [0.25, 0.3) is 11.6 Å². The SMILES string of the molecule is COc1ccc(CCN(C)C(=O)C(C)NC(=O)c2cccc([N+](=O)[O-])c2)cc1OC. The highest BCUT2D eigenvalue weighted by molar-refractivity contribution is 5.97. The van der Waals surface area contributed by atoms with Crippen molar-refractivity contribution in [1.29, 1.82) is 0 Å². The molecule has 9 heteroatoms. The zero-order valence-corrected chi connectivity index (χ0v) is 17.4. The Morgan fingerprint density at radius 2 is 1.83 bits per heavy atom. The third-order valence-electron chi connectivity index (χ3n) is 4.60. The predicted octanol–water partition coefficient (Wildman–Crippen LogP) is 2.43. The van der Waals surface area contributed by atoms with Gasteiger partial charge >= 0.3 is 0 Å². The topological polar surface area (TPSA) is 111 Å². The molecule has 0 aromatic heterocycles. The van der Waals surface area contributed by atoms with Crippen LogP contribution in [-0.4, -0.2) is 55.5 Å². The first-order chi connectivity index (χ1) is 14.3. The molecule has 0 aliphatic rings. The quantitative estimate of drug-likeness (QED) is 0.497. The van der Waals surface area contributed by atoms with E-state index in [0.717, 1.165) is 5.56 Å². The molecule has 0 radical (unpaired) electrons. The minimum atomic E-state index is -0.785. The molecule has 30 heavy (non-hydrogen) atoms. The summed E-state index contributed by atoms with van der Waals surface area (Å²) in [5.74, 6) is 0.423. The lowest BCUT2D eigenvalue weighted by molar-refractivity contribution is -0.384. The predicted molar refractivity (Wildman–Crippen MR) is 111 cm³/mol. The molecule has 0 saturated heterocycles. The molecule has 2 aromatic rings. The largest absolute Gasteiger partial charge is 0.493 e. The van der Waals surface area contributed by atoms with Gasteiger partial charge in [-0.1, -0.05) is 12.1 Å². The lowest BCUT2D eigenvalue weighted by atomic mass is 10.1. The third-order valence-corrected chi connectivity index (χ3v) is 4.60. The van der Waals surface area contributed by atoms with Crippen molar-refractivity contribution in [2.24, 2.45) is 0 Å². The molecule has 0 bridgehead atoms. The molecule has 1 N–H and O–H groups in total. The van der Waals surface area contributed by atoms with E-state index < -0.39 is 16.9 Å². The minimum absolute atomic E-state index is 0.122. The number of nitrogens with zero attached hydrogens (tertiary/aromatic N) is 2. The van der Waals surface area contributed by atoms with E-state index in [2.05, 4.69) is 5.32 Å². The zero-order valence-electron chi connectivity index (χ0n) is 17.4. The number of methoxy groups -OCH3 is 2. The highest BCUT2D eigenvalue weighted by Crippen LogP contribution is 2.27. The minimum Gasteiger partial charge on any atom is -0.493 e. The van der Waals surface area contributed by atoms with E-state index >= 15 is 0 Å². The maximum Gasteiger partial charge on any atom is 0.270 e. The molecule has 0 aliphatic carbocycles. The molecule has 0 spiro atoms. The molecule has 2 amide bonds. The number of carbonyl (C=O) groups is 2. The number of nitro groups is 1. The van der Waals surface area contributed by atoms with E-state index in [1.54, 1.807) is 34.3 Å². The van der Waals surface area contributed by atoms with Crippen molar-refractivity contribution >= 4 is 17.5 Å². The van der Waals surface area contributed by atoms with Gasteiger partial charge in [-0.2, -0.15) is 0 Å². The normalized spacial score (nSPS) is 11.3. The Morgan fingerprint density at radius 1 is 1.13 bits per heavy atom. The molecular weight excluding hydrogens is 390 g/mol. The maximum absolute atomic E-state index is 12.6. The van der Waals surface area contributed by atoms with Crippen molar-refractivity contribution in [1.82, 2.24) is 10.2 Å². The molecule has 1 atom stereocenters. The van der Waals surface area contributed by atoms with Crippen LogP contribution >= 0.6 is 0 Å². The molecule has 1 unspecified atom stereocenters. The fraction of sp³-hybridized carbons (Fsp3) is 0.333. The Balaban J connectivity index is 1.94. The summed E-state index contributed by atoms with van der Waals surface area (Å²) in [5, 5.41) is 13.4. The lowest BCUT2D eigenvalue weighted by Gasteiger charge is -2.22. The van der Waals surface area contributed by atoms with E-state index in [-0.39, 0.29) is 17.2 Å². The van der Waals surface area contributed by atoms with Crippen LogP contribution in [0.1, 0.15) is 22.8 Å². The summed E-state index contributed by atoms with van der Waals surface area (Å²) in [4.78, 5) is 36.7. The molecule has 2 aromatic carbocycles. The van der Waals surface area contributed by atoms with Crippen LogP contribution < -0.4 is 14.8 Å². The molecule has 0 aliphatic heterocycles. The van der Waals surface area contributed by atoms with Crippen molar-refractivity contribution < 1.29 is 24.0 Å². The number of rotatable bonds is 9. The maximum atomic E-state index is 12.6. The van der Waals surface area contributed by atoms with E-state index in [1.807, 2.05) is 12.1 Å². The average Bonchev–Trinajstić information content (AvgIpc) is 2.76. The zero-order chi connectivity index (χ0) is 22.3. The van der Waals surface area contributed by atoms with E-state index in [0.29, 0.717) is 24.5 Å². The molecule has 0 heterocycles. The number of benzene rings is 2. The van der Waals surface area contributed by atoms with Crippen LogP contribution in [0, 0.1) is 10.1 Å². The van der Waals surface area contributed by atoms with Crippen molar-refractivity contribution in [2.45, 2.75) is 19.4 Å². The van der Waals surface area contributed by atoms with Gasteiger partial charge in [0.05, 0.1) is 19.1 Å². The lowest BCUT2D eigenvalue weighted by Crippen LogP contribution is -2.46. The van der Waals surface area contributed by atoms with Crippen molar-refractivity contribution in [3.8, 4) is 11.5 Å². The summed E-state index contributed by atoms with van der Waals surface area (Å²) in [6.07, 6.45) is 0.591. The number of non-ortho nitro benzene ring substituents is 1. The van der Waals surface area contributed by atoms with Crippen molar-refractivity contribution in [2.75, 3.05) is 27.8 Å². The van der Waals surface area contributed by atoms with Gasteiger partial charge in [-0.25, -0.2) is 0 Å². The summed E-state index contributed by atoms with van der Waals surface area (Å²) in [6.45, 7) is 2.01. The molecule has 0 fully saturated rings. The molecule has 9 nitrogen and oxygen atoms in total. The van der Waals surface area contributed by atoms with Crippen LogP contribution in [0.5, 0.6) is 11.5 Å². The standard InChI is InChI=1S/C21H25N3O6/c1-14(22-20(25)16-6-5-7-17(13-16)24(27)28)21(26)23(2)11-10-15-8-9-18(29-3)19(12-15)30-4/h5-9,12-14H,10-11H2,1-4H3,(H,22,25). The van der Waals surface area contributed by atoms with Gasteiger partial charge in [-0.05, 0) is 37.1 Å². The van der Waals surface area contributed by atoms with Crippen LogP contribution in [0.15, 0.2) is 42.5 Å².